The molecule has 1 amide bonds. The van der Waals surface area contributed by atoms with Crippen LogP contribution in [-0.4, -0.2) is 43.3 Å². The van der Waals surface area contributed by atoms with Crippen LogP contribution in [0.1, 0.15) is 6.42 Å². The lowest BCUT2D eigenvalue weighted by Crippen LogP contribution is -2.37. The molecule has 0 aliphatic heterocycles. The van der Waals surface area contributed by atoms with E-state index in [-0.39, 0.29) is 25.5 Å². The van der Waals surface area contributed by atoms with Crippen LogP contribution >= 0.6 is 11.6 Å². The van der Waals surface area contributed by atoms with Gasteiger partial charge in [-0.05, 0) is 18.2 Å². The van der Waals surface area contributed by atoms with Gasteiger partial charge in [0.25, 0.3) is 0 Å². The Balaban J connectivity index is 2.22. The molecule has 1 aromatic rings. The van der Waals surface area contributed by atoms with Gasteiger partial charge in [0.1, 0.15) is 5.75 Å². The smallest absolute Gasteiger partial charge is 0.336 e. The largest absolute Gasteiger partial charge is 0.493 e. The second-order valence-electron chi connectivity index (χ2n) is 3.90. The number of aliphatic hydroxyl groups excluding tert-OH is 1. The predicted octanol–water partition coefficient (Wildman–Crippen LogP) is 0.759. The number of hydrogen-bond acceptors (Lipinski definition) is 5. The zero-order chi connectivity index (χ0) is 15.0. The number of rotatable bonds is 7. The normalized spacial score (nSPS) is 11.6. The number of benzene rings is 1. The minimum Gasteiger partial charge on any atom is -0.493 e. The first kappa shape index (κ1) is 16.3. The molecule has 0 saturated carbocycles. The molecule has 0 radical (unpaired) electrons. The third kappa shape index (κ3) is 5.90. The van der Waals surface area contributed by atoms with Crippen LogP contribution < -0.4 is 10.1 Å². The van der Waals surface area contributed by atoms with Gasteiger partial charge in [0.05, 0.1) is 26.7 Å². The predicted molar refractivity (Wildman–Crippen MR) is 72.6 cm³/mol. The molecule has 0 spiro atoms. The third-order valence-corrected chi connectivity index (χ3v) is 2.59. The molecule has 6 nitrogen and oxygen atoms in total. The zero-order valence-electron chi connectivity index (χ0n) is 11.0. The van der Waals surface area contributed by atoms with Gasteiger partial charge in [-0.15, -0.1) is 0 Å². The van der Waals surface area contributed by atoms with Gasteiger partial charge in [-0.2, -0.15) is 0 Å². The topological polar surface area (TPSA) is 84.9 Å². The Kier molecular flexibility index (Phi) is 6.83. The second kappa shape index (κ2) is 8.39. The molecule has 0 bridgehead atoms. The molecule has 1 unspecified atom stereocenters. The molecule has 7 heteroatoms. The van der Waals surface area contributed by atoms with Gasteiger partial charge in [0.15, 0.2) is 6.10 Å². The van der Waals surface area contributed by atoms with Crippen LogP contribution in [0.4, 0.5) is 0 Å². The van der Waals surface area contributed by atoms with Crippen molar-refractivity contribution in [3.8, 4) is 5.75 Å². The Morgan fingerprint density at radius 2 is 2.20 bits per heavy atom. The third-order valence-electron chi connectivity index (χ3n) is 2.36. The van der Waals surface area contributed by atoms with E-state index in [1.165, 1.54) is 0 Å². The summed E-state index contributed by atoms with van der Waals surface area (Å²) in [7, 11) is 1.16. The highest BCUT2D eigenvalue weighted by atomic mass is 35.5. The summed E-state index contributed by atoms with van der Waals surface area (Å²) in [6, 6.07) is 6.82. The minimum atomic E-state index is -1.36. The summed E-state index contributed by atoms with van der Waals surface area (Å²) < 4.78 is 9.65. The molecule has 1 rings (SSSR count). The number of carbonyl (C=O) groups is 2. The molecule has 0 heterocycles. The summed E-state index contributed by atoms with van der Waals surface area (Å²) in [4.78, 5) is 22.3. The lowest BCUT2D eigenvalue weighted by Gasteiger charge is -2.10. The molecule has 0 aromatic heterocycles. The number of nitrogens with one attached hydrogen (secondary N) is 1. The number of aliphatic hydroxyl groups is 1. The molecule has 0 aliphatic carbocycles. The SMILES string of the molecule is COC(=O)C(O)CNC(=O)CCOc1cccc(Cl)c1. The Morgan fingerprint density at radius 3 is 2.85 bits per heavy atom. The molecule has 1 atom stereocenters. The molecule has 20 heavy (non-hydrogen) atoms. The average Bonchev–Trinajstić information content (AvgIpc) is 2.44. The first-order valence-electron chi connectivity index (χ1n) is 5.94. The Labute approximate surface area is 121 Å². The van der Waals surface area contributed by atoms with Gasteiger partial charge >= 0.3 is 5.97 Å². The van der Waals surface area contributed by atoms with E-state index in [0.29, 0.717) is 10.8 Å². The summed E-state index contributed by atoms with van der Waals surface area (Å²) in [6.45, 7) is -0.0246. The number of ether oxygens (including phenoxy) is 2. The average molecular weight is 302 g/mol. The Hall–Kier alpha value is -1.79. The highest BCUT2D eigenvalue weighted by molar-refractivity contribution is 6.30. The number of hydrogen-bond donors (Lipinski definition) is 2. The molecule has 1 aromatic carbocycles. The summed E-state index contributed by atoms with van der Waals surface area (Å²) in [6.07, 6.45) is -1.27. The Bertz CT molecular complexity index is 466. The van der Waals surface area contributed by atoms with Crippen molar-refractivity contribution >= 4 is 23.5 Å². The van der Waals surface area contributed by atoms with E-state index in [1.54, 1.807) is 24.3 Å². The standard InChI is InChI=1S/C13H16ClNO5/c1-19-13(18)11(16)8-15-12(17)5-6-20-10-4-2-3-9(14)7-10/h2-4,7,11,16H,5-6,8H2,1H3,(H,15,17). The van der Waals surface area contributed by atoms with Crippen molar-refractivity contribution < 1.29 is 24.2 Å². The van der Waals surface area contributed by atoms with E-state index < -0.39 is 12.1 Å². The quantitative estimate of drug-likeness (QED) is 0.726. The number of esters is 1. The van der Waals surface area contributed by atoms with Gasteiger partial charge < -0.3 is 19.9 Å². The second-order valence-corrected chi connectivity index (χ2v) is 4.34. The molecular formula is C13H16ClNO5. The van der Waals surface area contributed by atoms with Crippen LogP contribution in [0.2, 0.25) is 5.02 Å². The highest BCUT2D eigenvalue weighted by Crippen LogP contribution is 2.16. The van der Waals surface area contributed by atoms with Crippen LogP contribution in [0.25, 0.3) is 0 Å². The van der Waals surface area contributed by atoms with Crippen LogP contribution in [0.15, 0.2) is 24.3 Å². The monoisotopic (exact) mass is 301 g/mol. The fourth-order valence-corrected chi connectivity index (χ4v) is 1.52. The van der Waals surface area contributed by atoms with Gasteiger partial charge in [0, 0.05) is 5.02 Å². The minimum absolute atomic E-state index is 0.0976. The fourth-order valence-electron chi connectivity index (χ4n) is 1.34. The van der Waals surface area contributed by atoms with E-state index in [0.717, 1.165) is 7.11 Å². The van der Waals surface area contributed by atoms with Gasteiger partial charge in [-0.25, -0.2) is 4.79 Å². The number of carbonyl (C=O) groups excluding carboxylic acids is 2. The van der Waals surface area contributed by atoms with E-state index in [4.69, 9.17) is 16.3 Å². The fraction of sp³-hybridized carbons (Fsp3) is 0.385. The highest BCUT2D eigenvalue weighted by Gasteiger charge is 2.15. The van der Waals surface area contributed by atoms with E-state index >= 15 is 0 Å². The number of amides is 1. The number of halogens is 1. The van der Waals surface area contributed by atoms with Crippen LogP contribution in [0.5, 0.6) is 5.75 Å². The van der Waals surface area contributed by atoms with Crippen molar-refractivity contribution in [2.45, 2.75) is 12.5 Å². The van der Waals surface area contributed by atoms with Gasteiger partial charge in [0.2, 0.25) is 5.91 Å². The van der Waals surface area contributed by atoms with E-state index in [1.807, 2.05) is 0 Å². The maximum atomic E-state index is 11.4. The van der Waals surface area contributed by atoms with E-state index in [2.05, 4.69) is 10.1 Å². The molecule has 0 fully saturated rings. The van der Waals surface area contributed by atoms with Crippen LogP contribution in [-0.2, 0) is 14.3 Å². The molecule has 0 aliphatic rings. The summed E-state index contributed by atoms with van der Waals surface area (Å²) in [5.74, 6) is -0.560. The van der Waals surface area contributed by atoms with Crippen LogP contribution in [0, 0.1) is 0 Å². The van der Waals surface area contributed by atoms with Crippen LogP contribution in [0.3, 0.4) is 0 Å². The first-order valence-corrected chi connectivity index (χ1v) is 6.31. The molecule has 110 valence electrons. The molecular weight excluding hydrogens is 286 g/mol. The summed E-state index contributed by atoms with van der Waals surface area (Å²) in [5.41, 5.74) is 0. The zero-order valence-corrected chi connectivity index (χ0v) is 11.7. The van der Waals surface area contributed by atoms with Gasteiger partial charge in [-0.3, -0.25) is 4.79 Å². The molecule has 0 saturated heterocycles. The Morgan fingerprint density at radius 1 is 1.45 bits per heavy atom. The molecule has 2 N–H and O–H groups in total. The maximum Gasteiger partial charge on any atom is 0.336 e. The van der Waals surface area contributed by atoms with Gasteiger partial charge in [-0.1, -0.05) is 17.7 Å². The lowest BCUT2D eigenvalue weighted by atomic mass is 10.3. The lowest BCUT2D eigenvalue weighted by molar-refractivity contribution is -0.150. The van der Waals surface area contributed by atoms with Crippen molar-refractivity contribution in [2.24, 2.45) is 0 Å². The summed E-state index contributed by atoms with van der Waals surface area (Å²) >= 11 is 5.78. The van der Waals surface area contributed by atoms with Crippen molar-refractivity contribution in [3.63, 3.8) is 0 Å². The first-order chi connectivity index (χ1) is 9.52. The van der Waals surface area contributed by atoms with Crippen molar-refractivity contribution in [2.75, 3.05) is 20.3 Å². The van der Waals surface area contributed by atoms with Crippen molar-refractivity contribution in [1.29, 1.82) is 0 Å². The van der Waals surface area contributed by atoms with E-state index in [9.17, 15) is 14.7 Å². The summed E-state index contributed by atoms with van der Waals surface area (Å²) in [5, 5.41) is 12.2. The maximum absolute atomic E-state index is 11.4. The number of methoxy groups -OCH3 is 1. The van der Waals surface area contributed by atoms with Crippen molar-refractivity contribution in [3.05, 3.63) is 29.3 Å². The van der Waals surface area contributed by atoms with Crippen molar-refractivity contribution in [1.82, 2.24) is 5.32 Å².